The smallest absolute Gasteiger partial charge is 0.129 e. The van der Waals surface area contributed by atoms with Crippen molar-refractivity contribution < 1.29 is 9.60 Å². The lowest BCUT2D eigenvalue weighted by atomic mass is 9.92. The first-order chi connectivity index (χ1) is 5.16. The highest BCUT2D eigenvalue weighted by molar-refractivity contribution is 4.91. The largest absolute Gasteiger partial charge is 0.314 e. The predicted octanol–water partition coefficient (Wildman–Crippen LogP) is 1.76. The summed E-state index contributed by atoms with van der Waals surface area (Å²) < 4.78 is 13.6. The standard InChI is InChI=1S/C8H14FNO/c1-2-4-8(9)5-3-6-10(11)7-8/h2,11H,1,3-7H2. The number of rotatable bonds is 2. The van der Waals surface area contributed by atoms with Gasteiger partial charge >= 0.3 is 0 Å². The van der Waals surface area contributed by atoms with Crippen molar-refractivity contribution in [2.24, 2.45) is 0 Å². The Hall–Kier alpha value is -0.410. The molecule has 0 aromatic carbocycles. The molecule has 1 aliphatic rings. The van der Waals surface area contributed by atoms with Crippen molar-refractivity contribution in [2.45, 2.75) is 24.9 Å². The van der Waals surface area contributed by atoms with E-state index in [4.69, 9.17) is 5.21 Å². The summed E-state index contributed by atoms with van der Waals surface area (Å²) >= 11 is 0. The molecule has 0 aromatic rings. The van der Waals surface area contributed by atoms with Crippen molar-refractivity contribution >= 4 is 0 Å². The maximum atomic E-state index is 13.6. The fraction of sp³-hybridized carbons (Fsp3) is 0.750. The first-order valence-corrected chi connectivity index (χ1v) is 3.90. The van der Waals surface area contributed by atoms with Crippen molar-refractivity contribution in [2.75, 3.05) is 13.1 Å². The van der Waals surface area contributed by atoms with Crippen LogP contribution < -0.4 is 0 Å². The molecule has 1 heterocycles. The molecule has 0 saturated carbocycles. The molecule has 3 heteroatoms. The topological polar surface area (TPSA) is 23.5 Å². The van der Waals surface area contributed by atoms with Gasteiger partial charge in [0.2, 0.25) is 0 Å². The van der Waals surface area contributed by atoms with Gasteiger partial charge in [-0.3, -0.25) is 0 Å². The summed E-state index contributed by atoms with van der Waals surface area (Å²) in [5, 5.41) is 10.1. The van der Waals surface area contributed by atoms with E-state index < -0.39 is 5.67 Å². The monoisotopic (exact) mass is 159 g/mol. The van der Waals surface area contributed by atoms with Gasteiger partial charge in [-0.15, -0.1) is 6.58 Å². The fourth-order valence-corrected chi connectivity index (χ4v) is 1.49. The van der Waals surface area contributed by atoms with Gasteiger partial charge in [0.25, 0.3) is 0 Å². The number of nitrogens with zero attached hydrogens (tertiary/aromatic N) is 1. The van der Waals surface area contributed by atoms with Gasteiger partial charge in [-0.25, -0.2) is 4.39 Å². The number of hydroxylamine groups is 2. The highest BCUT2D eigenvalue weighted by Crippen LogP contribution is 2.27. The maximum absolute atomic E-state index is 13.6. The SMILES string of the molecule is C=CCC1(F)CCCN(O)C1. The average Bonchev–Trinajstić information content (AvgIpc) is 1.86. The summed E-state index contributed by atoms with van der Waals surface area (Å²) in [7, 11) is 0. The number of hydrogen-bond acceptors (Lipinski definition) is 2. The van der Waals surface area contributed by atoms with Crippen LogP contribution in [0, 0.1) is 0 Å². The molecule has 0 amide bonds. The lowest BCUT2D eigenvalue weighted by molar-refractivity contribution is -0.143. The van der Waals surface area contributed by atoms with Crippen molar-refractivity contribution in [3.05, 3.63) is 12.7 Å². The molecule has 0 aromatic heterocycles. The molecule has 0 aliphatic carbocycles. The van der Waals surface area contributed by atoms with Gasteiger partial charge in [0, 0.05) is 13.0 Å². The minimum atomic E-state index is -1.24. The van der Waals surface area contributed by atoms with Crippen LogP contribution >= 0.6 is 0 Å². The minimum Gasteiger partial charge on any atom is -0.314 e. The number of piperidine rings is 1. The van der Waals surface area contributed by atoms with Crippen molar-refractivity contribution in [3.8, 4) is 0 Å². The molecule has 11 heavy (non-hydrogen) atoms. The van der Waals surface area contributed by atoms with Gasteiger partial charge in [-0.2, -0.15) is 5.06 Å². The first kappa shape index (κ1) is 8.68. The van der Waals surface area contributed by atoms with Crippen LogP contribution in [0.25, 0.3) is 0 Å². The first-order valence-electron chi connectivity index (χ1n) is 3.90. The molecule has 64 valence electrons. The lowest BCUT2D eigenvalue weighted by Gasteiger charge is -2.33. The Balaban J connectivity index is 2.47. The predicted molar refractivity (Wildman–Crippen MR) is 41.2 cm³/mol. The van der Waals surface area contributed by atoms with Gasteiger partial charge in [-0.1, -0.05) is 6.08 Å². The van der Waals surface area contributed by atoms with Crippen LogP contribution in [-0.4, -0.2) is 29.0 Å². The quantitative estimate of drug-likeness (QED) is 0.620. The van der Waals surface area contributed by atoms with Gasteiger partial charge in [0.15, 0.2) is 0 Å². The molecule has 1 N–H and O–H groups in total. The number of allylic oxidation sites excluding steroid dienone is 1. The summed E-state index contributed by atoms with van der Waals surface area (Å²) in [6.45, 7) is 4.20. The van der Waals surface area contributed by atoms with E-state index in [1.54, 1.807) is 6.08 Å². The van der Waals surface area contributed by atoms with Crippen molar-refractivity contribution in [1.82, 2.24) is 5.06 Å². The van der Waals surface area contributed by atoms with Crippen molar-refractivity contribution in [1.29, 1.82) is 0 Å². The third kappa shape index (κ3) is 2.27. The Bertz CT molecular complexity index is 151. The Kier molecular flexibility index (Phi) is 2.62. The molecule has 0 radical (unpaired) electrons. The van der Waals surface area contributed by atoms with Gasteiger partial charge in [-0.05, 0) is 12.8 Å². The minimum absolute atomic E-state index is 0.124. The zero-order valence-electron chi connectivity index (χ0n) is 6.59. The van der Waals surface area contributed by atoms with E-state index in [1.807, 2.05) is 0 Å². The maximum Gasteiger partial charge on any atom is 0.129 e. The third-order valence-electron chi connectivity index (χ3n) is 2.02. The molecule has 1 unspecified atom stereocenters. The number of halogens is 1. The molecule has 1 atom stereocenters. The fourth-order valence-electron chi connectivity index (χ4n) is 1.49. The summed E-state index contributed by atoms with van der Waals surface area (Å²) in [5.41, 5.74) is -1.24. The second-order valence-electron chi connectivity index (χ2n) is 3.14. The third-order valence-corrected chi connectivity index (χ3v) is 2.02. The average molecular weight is 159 g/mol. The van der Waals surface area contributed by atoms with Crippen LogP contribution in [0.5, 0.6) is 0 Å². The van der Waals surface area contributed by atoms with Crippen LogP contribution in [0.1, 0.15) is 19.3 Å². The molecule has 1 fully saturated rings. The normalized spacial score (nSPS) is 33.6. The number of hydrogen-bond donors (Lipinski definition) is 1. The highest BCUT2D eigenvalue weighted by atomic mass is 19.1. The van der Waals surface area contributed by atoms with Crippen LogP contribution in [-0.2, 0) is 0 Å². The molecule has 1 aliphatic heterocycles. The Labute approximate surface area is 66.3 Å². The van der Waals surface area contributed by atoms with E-state index in [-0.39, 0.29) is 6.54 Å². The molecule has 2 nitrogen and oxygen atoms in total. The molecule has 1 saturated heterocycles. The molecule has 0 spiro atoms. The number of alkyl halides is 1. The summed E-state index contributed by atoms with van der Waals surface area (Å²) in [4.78, 5) is 0. The van der Waals surface area contributed by atoms with Crippen molar-refractivity contribution in [3.63, 3.8) is 0 Å². The Morgan fingerprint density at radius 2 is 2.45 bits per heavy atom. The van der Waals surface area contributed by atoms with Gasteiger partial charge in [0.1, 0.15) is 5.67 Å². The van der Waals surface area contributed by atoms with Crippen LogP contribution in [0.4, 0.5) is 4.39 Å². The molecular formula is C8H14FNO. The summed E-state index contributed by atoms with van der Waals surface area (Å²) in [5.74, 6) is 0. The van der Waals surface area contributed by atoms with E-state index in [0.717, 1.165) is 11.5 Å². The molecule has 0 bridgehead atoms. The highest BCUT2D eigenvalue weighted by Gasteiger charge is 2.33. The zero-order chi connectivity index (χ0) is 8.32. The van der Waals surface area contributed by atoms with Gasteiger partial charge in [0.05, 0.1) is 6.54 Å². The zero-order valence-corrected chi connectivity index (χ0v) is 6.59. The van der Waals surface area contributed by atoms with E-state index in [0.29, 0.717) is 19.4 Å². The second kappa shape index (κ2) is 3.32. The Morgan fingerprint density at radius 1 is 1.73 bits per heavy atom. The summed E-state index contributed by atoms with van der Waals surface area (Å²) in [6.07, 6.45) is 3.17. The van der Waals surface area contributed by atoms with Gasteiger partial charge < -0.3 is 5.21 Å². The van der Waals surface area contributed by atoms with E-state index >= 15 is 0 Å². The van der Waals surface area contributed by atoms with Crippen LogP contribution in [0.3, 0.4) is 0 Å². The summed E-state index contributed by atoms with van der Waals surface area (Å²) in [6, 6.07) is 0. The van der Waals surface area contributed by atoms with Crippen LogP contribution in [0.15, 0.2) is 12.7 Å². The lowest BCUT2D eigenvalue weighted by Crippen LogP contribution is -2.43. The molecular weight excluding hydrogens is 145 g/mol. The van der Waals surface area contributed by atoms with E-state index in [9.17, 15) is 4.39 Å². The molecule has 1 rings (SSSR count). The van der Waals surface area contributed by atoms with E-state index in [1.165, 1.54) is 0 Å². The second-order valence-corrected chi connectivity index (χ2v) is 3.14. The Morgan fingerprint density at radius 3 is 3.00 bits per heavy atom. The van der Waals surface area contributed by atoms with Crippen LogP contribution in [0.2, 0.25) is 0 Å². The van der Waals surface area contributed by atoms with E-state index in [2.05, 4.69) is 6.58 Å².